The molecule has 1 aliphatic rings. The van der Waals surface area contributed by atoms with E-state index in [4.69, 9.17) is 4.74 Å². The molecule has 1 aromatic rings. The van der Waals surface area contributed by atoms with Crippen molar-refractivity contribution in [3.8, 4) is 11.8 Å². The molecule has 29 heavy (non-hydrogen) atoms. The number of carbonyl (C=O) groups excluding carboxylic acids is 1. The lowest BCUT2D eigenvalue weighted by Crippen LogP contribution is -2.38. The first-order valence-corrected chi connectivity index (χ1v) is 11.3. The second kappa shape index (κ2) is 15.0. The Balaban J connectivity index is 1.63. The number of amides is 1. The van der Waals surface area contributed by atoms with Gasteiger partial charge in [-0.15, -0.1) is 0 Å². The third-order valence-corrected chi connectivity index (χ3v) is 5.17. The number of ether oxygens (including phenoxy) is 1. The quantitative estimate of drug-likeness (QED) is 0.426. The van der Waals surface area contributed by atoms with Gasteiger partial charge < -0.3 is 10.1 Å². The number of nitrogens with zero attached hydrogens (tertiary/aromatic N) is 2. The van der Waals surface area contributed by atoms with E-state index in [1.165, 1.54) is 38.5 Å². The molecule has 1 amide bonds. The highest BCUT2D eigenvalue weighted by Crippen LogP contribution is 2.08. The molecule has 1 fully saturated rings. The molecule has 0 bridgehead atoms. The SMILES string of the molecule is CCCCCCCCCC#Cc1ccnc(C(=O)NCCCN2CCOCC2)c1. The van der Waals surface area contributed by atoms with E-state index in [0.29, 0.717) is 12.2 Å². The molecule has 5 nitrogen and oxygen atoms in total. The number of morpholine rings is 1. The summed E-state index contributed by atoms with van der Waals surface area (Å²) in [6.07, 6.45) is 12.6. The number of pyridine rings is 1. The minimum absolute atomic E-state index is 0.122. The fraction of sp³-hybridized carbons (Fsp3) is 0.667. The number of hydrogen-bond donors (Lipinski definition) is 1. The maximum absolute atomic E-state index is 12.3. The second-order valence-corrected chi connectivity index (χ2v) is 7.67. The molecule has 1 N–H and O–H groups in total. The van der Waals surface area contributed by atoms with Crippen LogP contribution in [0.2, 0.25) is 0 Å². The van der Waals surface area contributed by atoms with Crippen LogP contribution in [-0.4, -0.2) is 55.2 Å². The molecule has 2 heterocycles. The number of unbranched alkanes of at least 4 members (excludes halogenated alkanes) is 7. The Morgan fingerprint density at radius 1 is 1.14 bits per heavy atom. The Morgan fingerprint density at radius 3 is 2.69 bits per heavy atom. The van der Waals surface area contributed by atoms with Gasteiger partial charge in [0.05, 0.1) is 13.2 Å². The first kappa shape index (κ1) is 23.4. The van der Waals surface area contributed by atoms with Crippen molar-refractivity contribution in [3.63, 3.8) is 0 Å². The minimum atomic E-state index is -0.122. The number of aromatic nitrogens is 1. The Kier molecular flexibility index (Phi) is 12.1. The Labute approximate surface area is 176 Å². The lowest BCUT2D eigenvalue weighted by molar-refractivity contribution is 0.0374. The molecule has 160 valence electrons. The maximum Gasteiger partial charge on any atom is 0.269 e. The molecular formula is C24H37N3O2. The minimum Gasteiger partial charge on any atom is -0.379 e. The molecule has 1 aliphatic heterocycles. The highest BCUT2D eigenvalue weighted by atomic mass is 16.5. The van der Waals surface area contributed by atoms with E-state index in [-0.39, 0.29) is 5.91 Å². The van der Waals surface area contributed by atoms with Gasteiger partial charge in [-0.25, -0.2) is 0 Å². The number of hydrogen-bond acceptors (Lipinski definition) is 4. The molecule has 0 saturated carbocycles. The van der Waals surface area contributed by atoms with Crippen molar-refractivity contribution in [2.75, 3.05) is 39.4 Å². The van der Waals surface area contributed by atoms with E-state index in [2.05, 4.69) is 34.0 Å². The van der Waals surface area contributed by atoms with E-state index in [0.717, 1.165) is 57.7 Å². The summed E-state index contributed by atoms with van der Waals surface area (Å²) in [4.78, 5) is 18.9. The standard InChI is InChI=1S/C24H37N3O2/c1-2-3-4-5-6-7-8-9-10-12-22-13-15-25-23(21-22)24(28)26-14-11-16-27-17-19-29-20-18-27/h13,15,21H,2-9,11,14,16-20H2,1H3,(H,26,28). The van der Waals surface area contributed by atoms with Gasteiger partial charge in [-0.2, -0.15) is 0 Å². The van der Waals surface area contributed by atoms with Gasteiger partial charge in [-0.3, -0.25) is 14.7 Å². The van der Waals surface area contributed by atoms with Crippen molar-refractivity contribution < 1.29 is 9.53 Å². The highest BCUT2D eigenvalue weighted by Gasteiger charge is 2.10. The molecule has 0 radical (unpaired) electrons. The molecule has 5 heteroatoms. The van der Waals surface area contributed by atoms with Crippen molar-refractivity contribution >= 4 is 5.91 Å². The van der Waals surface area contributed by atoms with Crippen molar-refractivity contribution in [1.29, 1.82) is 0 Å². The van der Waals surface area contributed by atoms with E-state index in [1.54, 1.807) is 12.3 Å². The zero-order valence-electron chi connectivity index (χ0n) is 18.0. The van der Waals surface area contributed by atoms with Crippen molar-refractivity contribution in [2.45, 2.75) is 64.7 Å². The van der Waals surface area contributed by atoms with Gasteiger partial charge in [-0.1, -0.05) is 57.3 Å². The van der Waals surface area contributed by atoms with Crippen LogP contribution in [0.1, 0.15) is 80.8 Å². The fourth-order valence-electron chi connectivity index (χ4n) is 3.39. The second-order valence-electron chi connectivity index (χ2n) is 7.67. The monoisotopic (exact) mass is 399 g/mol. The zero-order valence-corrected chi connectivity index (χ0v) is 18.0. The first-order chi connectivity index (χ1) is 14.3. The smallest absolute Gasteiger partial charge is 0.269 e. The van der Waals surface area contributed by atoms with Gasteiger partial charge in [0, 0.05) is 37.8 Å². The van der Waals surface area contributed by atoms with Crippen LogP contribution in [0.4, 0.5) is 0 Å². The summed E-state index contributed by atoms with van der Waals surface area (Å²) < 4.78 is 5.35. The summed E-state index contributed by atoms with van der Waals surface area (Å²) in [7, 11) is 0. The number of nitrogens with one attached hydrogen (secondary N) is 1. The average Bonchev–Trinajstić information content (AvgIpc) is 2.76. The number of rotatable bonds is 12. The van der Waals surface area contributed by atoms with Gasteiger partial charge in [0.1, 0.15) is 5.69 Å². The zero-order chi connectivity index (χ0) is 20.6. The lowest BCUT2D eigenvalue weighted by Gasteiger charge is -2.26. The van der Waals surface area contributed by atoms with Crippen LogP contribution in [-0.2, 0) is 4.74 Å². The molecule has 1 saturated heterocycles. The van der Waals surface area contributed by atoms with Crippen molar-refractivity contribution in [3.05, 3.63) is 29.6 Å². The maximum atomic E-state index is 12.3. The fourth-order valence-corrected chi connectivity index (χ4v) is 3.39. The molecule has 2 rings (SSSR count). The predicted octanol–water partition coefficient (Wildman–Crippen LogP) is 4.03. The van der Waals surface area contributed by atoms with Gasteiger partial charge in [0.15, 0.2) is 0 Å². The topological polar surface area (TPSA) is 54.5 Å². The summed E-state index contributed by atoms with van der Waals surface area (Å²) in [5.41, 5.74) is 1.31. The van der Waals surface area contributed by atoms with E-state index < -0.39 is 0 Å². The van der Waals surface area contributed by atoms with Gasteiger partial charge in [-0.05, 0) is 31.5 Å². The van der Waals surface area contributed by atoms with E-state index in [9.17, 15) is 4.79 Å². The van der Waals surface area contributed by atoms with Crippen LogP contribution < -0.4 is 5.32 Å². The predicted molar refractivity (Wildman–Crippen MR) is 118 cm³/mol. The highest BCUT2D eigenvalue weighted by molar-refractivity contribution is 5.92. The summed E-state index contributed by atoms with van der Waals surface area (Å²) in [5, 5.41) is 2.96. The summed E-state index contributed by atoms with van der Waals surface area (Å²) in [6.45, 7) is 7.47. The van der Waals surface area contributed by atoms with Crippen molar-refractivity contribution in [1.82, 2.24) is 15.2 Å². The molecular weight excluding hydrogens is 362 g/mol. The van der Waals surface area contributed by atoms with Crippen LogP contribution in [0, 0.1) is 11.8 Å². The molecule has 1 aromatic heterocycles. The molecule has 0 atom stereocenters. The third-order valence-electron chi connectivity index (χ3n) is 5.17. The van der Waals surface area contributed by atoms with Gasteiger partial charge >= 0.3 is 0 Å². The van der Waals surface area contributed by atoms with Crippen LogP contribution in [0.15, 0.2) is 18.3 Å². The van der Waals surface area contributed by atoms with E-state index >= 15 is 0 Å². The molecule has 0 spiro atoms. The molecule has 0 unspecified atom stereocenters. The van der Waals surface area contributed by atoms with Crippen LogP contribution in [0.5, 0.6) is 0 Å². The normalized spacial score (nSPS) is 14.2. The van der Waals surface area contributed by atoms with E-state index in [1.807, 2.05) is 6.07 Å². The van der Waals surface area contributed by atoms with Crippen LogP contribution in [0.25, 0.3) is 0 Å². The average molecular weight is 400 g/mol. The summed E-state index contributed by atoms with van der Waals surface area (Å²) in [5.74, 6) is 6.28. The van der Waals surface area contributed by atoms with Crippen molar-refractivity contribution in [2.24, 2.45) is 0 Å². The number of carbonyl (C=O) groups is 1. The summed E-state index contributed by atoms with van der Waals surface area (Å²) in [6, 6.07) is 3.65. The van der Waals surface area contributed by atoms with Gasteiger partial charge in [0.2, 0.25) is 0 Å². The van der Waals surface area contributed by atoms with Crippen LogP contribution in [0.3, 0.4) is 0 Å². The van der Waals surface area contributed by atoms with Gasteiger partial charge in [0.25, 0.3) is 5.91 Å². The molecule has 0 aromatic carbocycles. The Bertz CT molecular complexity index is 645. The summed E-state index contributed by atoms with van der Waals surface area (Å²) >= 11 is 0. The largest absolute Gasteiger partial charge is 0.379 e. The molecule has 0 aliphatic carbocycles. The van der Waals surface area contributed by atoms with Crippen LogP contribution >= 0.6 is 0 Å². The lowest BCUT2D eigenvalue weighted by atomic mass is 10.1. The Morgan fingerprint density at radius 2 is 1.90 bits per heavy atom. The first-order valence-electron chi connectivity index (χ1n) is 11.3. The third kappa shape index (κ3) is 10.4. The Hall–Kier alpha value is -1.90.